The van der Waals surface area contributed by atoms with Crippen molar-refractivity contribution in [2.45, 2.75) is 25.5 Å². The highest BCUT2D eigenvalue weighted by Gasteiger charge is 2.20. The second-order valence-electron chi connectivity index (χ2n) is 6.65. The van der Waals surface area contributed by atoms with Crippen LogP contribution in [-0.4, -0.2) is 34.2 Å². The van der Waals surface area contributed by atoms with Crippen LogP contribution in [0.3, 0.4) is 0 Å². The lowest BCUT2D eigenvalue weighted by Crippen LogP contribution is -2.37. The molecule has 4 heteroatoms. The van der Waals surface area contributed by atoms with Crippen molar-refractivity contribution in [3.63, 3.8) is 0 Å². The van der Waals surface area contributed by atoms with Crippen molar-refractivity contribution in [1.82, 2.24) is 9.88 Å². The minimum absolute atomic E-state index is 0.264. The number of phenolic OH excluding ortho intramolecular Hbond substituents is 1. The molecule has 1 aromatic heterocycles. The molecule has 4 rings (SSSR count). The van der Waals surface area contributed by atoms with Gasteiger partial charge in [0.25, 0.3) is 0 Å². The first kappa shape index (κ1) is 15.9. The Morgan fingerprint density at radius 3 is 2.76 bits per heavy atom. The van der Waals surface area contributed by atoms with Crippen molar-refractivity contribution in [3.05, 3.63) is 66.5 Å². The zero-order valence-electron chi connectivity index (χ0n) is 14.1. The lowest BCUT2D eigenvalue weighted by atomic mass is 10.1. The standard InChI is InChI=1S/C21H22N2O2/c24-19-3-1-2-16(12-19)15-23-10-7-20(8-11-23)25-21-5-4-18-14-22-9-6-17(18)13-21/h1-6,9,12-14,20,24H,7-8,10-11,15H2. The number of pyridine rings is 1. The minimum Gasteiger partial charge on any atom is -0.508 e. The zero-order valence-corrected chi connectivity index (χ0v) is 14.1. The van der Waals surface area contributed by atoms with E-state index in [1.165, 1.54) is 0 Å². The fraction of sp³-hybridized carbons (Fsp3) is 0.286. The predicted molar refractivity (Wildman–Crippen MR) is 98.8 cm³/mol. The Bertz CT molecular complexity index is 857. The molecule has 1 aliphatic heterocycles. The van der Waals surface area contributed by atoms with Gasteiger partial charge >= 0.3 is 0 Å². The molecule has 1 aliphatic rings. The maximum atomic E-state index is 9.58. The Hall–Kier alpha value is -2.59. The van der Waals surface area contributed by atoms with Gasteiger partial charge in [0, 0.05) is 37.4 Å². The largest absolute Gasteiger partial charge is 0.508 e. The number of benzene rings is 2. The second kappa shape index (κ2) is 7.11. The van der Waals surface area contributed by atoms with E-state index in [0.29, 0.717) is 5.75 Å². The number of ether oxygens (including phenoxy) is 1. The first-order valence-electron chi connectivity index (χ1n) is 8.77. The number of likely N-dealkylation sites (tertiary alicyclic amines) is 1. The predicted octanol–water partition coefficient (Wildman–Crippen LogP) is 3.98. The van der Waals surface area contributed by atoms with E-state index >= 15 is 0 Å². The number of rotatable bonds is 4. The van der Waals surface area contributed by atoms with Crippen LogP contribution in [0, 0.1) is 0 Å². The van der Waals surface area contributed by atoms with Gasteiger partial charge in [-0.1, -0.05) is 12.1 Å². The number of aromatic nitrogens is 1. The highest BCUT2D eigenvalue weighted by Crippen LogP contribution is 2.24. The van der Waals surface area contributed by atoms with E-state index in [-0.39, 0.29) is 6.10 Å². The molecule has 2 aromatic carbocycles. The van der Waals surface area contributed by atoms with Crippen LogP contribution < -0.4 is 4.74 Å². The molecule has 25 heavy (non-hydrogen) atoms. The highest BCUT2D eigenvalue weighted by molar-refractivity contribution is 5.82. The Morgan fingerprint density at radius 2 is 1.92 bits per heavy atom. The van der Waals surface area contributed by atoms with Crippen LogP contribution in [0.1, 0.15) is 18.4 Å². The summed E-state index contributed by atoms with van der Waals surface area (Å²) in [5.41, 5.74) is 1.16. The summed E-state index contributed by atoms with van der Waals surface area (Å²) in [6, 6.07) is 15.7. The Balaban J connectivity index is 1.33. The number of piperidine rings is 1. The number of aromatic hydroxyl groups is 1. The molecule has 0 unspecified atom stereocenters. The molecule has 4 nitrogen and oxygen atoms in total. The van der Waals surface area contributed by atoms with Gasteiger partial charge in [-0.2, -0.15) is 0 Å². The summed E-state index contributed by atoms with van der Waals surface area (Å²) in [5.74, 6) is 1.27. The molecule has 0 radical (unpaired) electrons. The maximum Gasteiger partial charge on any atom is 0.120 e. The van der Waals surface area contributed by atoms with E-state index in [1.54, 1.807) is 6.07 Å². The number of hydrogen-bond acceptors (Lipinski definition) is 4. The fourth-order valence-corrected chi connectivity index (χ4v) is 3.43. The Morgan fingerprint density at radius 1 is 1.04 bits per heavy atom. The van der Waals surface area contributed by atoms with E-state index in [1.807, 2.05) is 36.7 Å². The highest BCUT2D eigenvalue weighted by atomic mass is 16.5. The van der Waals surface area contributed by atoms with Crippen LogP contribution in [0.4, 0.5) is 0 Å². The van der Waals surface area contributed by atoms with Gasteiger partial charge in [0.1, 0.15) is 17.6 Å². The van der Waals surface area contributed by atoms with Crippen molar-refractivity contribution >= 4 is 10.8 Å². The summed E-state index contributed by atoms with van der Waals surface area (Å²) >= 11 is 0. The topological polar surface area (TPSA) is 45.6 Å². The van der Waals surface area contributed by atoms with Gasteiger partial charge in [-0.15, -0.1) is 0 Å². The summed E-state index contributed by atoms with van der Waals surface area (Å²) in [6.45, 7) is 2.90. The van der Waals surface area contributed by atoms with E-state index in [2.05, 4.69) is 28.1 Å². The van der Waals surface area contributed by atoms with E-state index in [4.69, 9.17) is 4.74 Å². The lowest BCUT2D eigenvalue weighted by molar-refractivity contribution is 0.0969. The van der Waals surface area contributed by atoms with E-state index in [0.717, 1.165) is 54.6 Å². The molecule has 0 atom stereocenters. The molecule has 0 saturated carbocycles. The van der Waals surface area contributed by atoms with Crippen LogP contribution in [-0.2, 0) is 6.54 Å². The van der Waals surface area contributed by atoms with Crippen LogP contribution >= 0.6 is 0 Å². The summed E-state index contributed by atoms with van der Waals surface area (Å²) in [5, 5.41) is 11.9. The lowest BCUT2D eigenvalue weighted by Gasteiger charge is -2.32. The molecule has 0 amide bonds. The average Bonchev–Trinajstić information content (AvgIpc) is 2.63. The SMILES string of the molecule is Oc1cccc(CN2CCC(Oc3ccc4cnccc4c3)CC2)c1. The molecular weight excluding hydrogens is 312 g/mol. The van der Waals surface area contributed by atoms with Gasteiger partial charge in [0.05, 0.1) is 0 Å². The molecule has 0 aliphatic carbocycles. The van der Waals surface area contributed by atoms with Crippen molar-refractivity contribution in [3.8, 4) is 11.5 Å². The molecule has 128 valence electrons. The van der Waals surface area contributed by atoms with Gasteiger partial charge in [-0.3, -0.25) is 9.88 Å². The molecule has 0 spiro atoms. The fourth-order valence-electron chi connectivity index (χ4n) is 3.43. The molecule has 1 N–H and O–H groups in total. The van der Waals surface area contributed by atoms with Crippen LogP contribution in [0.2, 0.25) is 0 Å². The molecular formula is C21H22N2O2. The minimum atomic E-state index is 0.264. The zero-order chi connectivity index (χ0) is 17.1. The van der Waals surface area contributed by atoms with Crippen molar-refractivity contribution in [2.24, 2.45) is 0 Å². The van der Waals surface area contributed by atoms with E-state index in [9.17, 15) is 5.11 Å². The van der Waals surface area contributed by atoms with Crippen LogP contribution in [0.25, 0.3) is 10.8 Å². The van der Waals surface area contributed by atoms with Crippen LogP contribution in [0.5, 0.6) is 11.5 Å². The summed E-state index contributed by atoms with van der Waals surface area (Å²) in [6.07, 6.45) is 5.99. The smallest absolute Gasteiger partial charge is 0.120 e. The average molecular weight is 334 g/mol. The Labute approximate surface area is 147 Å². The van der Waals surface area contributed by atoms with Crippen molar-refractivity contribution < 1.29 is 9.84 Å². The molecule has 0 bridgehead atoms. The third kappa shape index (κ3) is 3.91. The molecule has 1 saturated heterocycles. The molecule has 2 heterocycles. The number of hydrogen-bond donors (Lipinski definition) is 1. The first-order chi connectivity index (χ1) is 12.3. The van der Waals surface area contributed by atoms with Gasteiger partial charge in [0.15, 0.2) is 0 Å². The monoisotopic (exact) mass is 334 g/mol. The normalized spacial score (nSPS) is 16.2. The molecule has 3 aromatic rings. The summed E-state index contributed by atoms with van der Waals surface area (Å²) in [4.78, 5) is 6.56. The maximum absolute atomic E-state index is 9.58. The summed E-state index contributed by atoms with van der Waals surface area (Å²) in [7, 11) is 0. The van der Waals surface area contributed by atoms with Crippen molar-refractivity contribution in [1.29, 1.82) is 0 Å². The quantitative estimate of drug-likeness (QED) is 0.784. The first-order valence-corrected chi connectivity index (χ1v) is 8.77. The number of nitrogens with zero attached hydrogens (tertiary/aromatic N) is 2. The second-order valence-corrected chi connectivity index (χ2v) is 6.65. The third-order valence-corrected chi connectivity index (χ3v) is 4.77. The Kier molecular flexibility index (Phi) is 4.53. The summed E-state index contributed by atoms with van der Waals surface area (Å²) < 4.78 is 6.19. The molecule has 1 fully saturated rings. The van der Waals surface area contributed by atoms with Crippen molar-refractivity contribution in [2.75, 3.05) is 13.1 Å². The van der Waals surface area contributed by atoms with Gasteiger partial charge in [-0.05, 0) is 60.2 Å². The van der Waals surface area contributed by atoms with Crippen LogP contribution in [0.15, 0.2) is 60.9 Å². The number of phenols is 1. The van der Waals surface area contributed by atoms with Gasteiger partial charge < -0.3 is 9.84 Å². The third-order valence-electron chi connectivity index (χ3n) is 4.77. The number of fused-ring (bicyclic) bond motifs is 1. The van der Waals surface area contributed by atoms with Gasteiger partial charge in [0.2, 0.25) is 0 Å². The van der Waals surface area contributed by atoms with E-state index < -0.39 is 0 Å². The van der Waals surface area contributed by atoms with Gasteiger partial charge in [-0.25, -0.2) is 0 Å².